The van der Waals surface area contributed by atoms with Gasteiger partial charge in [0.15, 0.2) is 0 Å². The maximum Gasteiger partial charge on any atom is 0.326 e. The van der Waals surface area contributed by atoms with Crippen molar-refractivity contribution >= 4 is 12.0 Å². The zero-order valence-electron chi connectivity index (χ0n) is 10.7. The summed E-state index contributed by atoms with van der Waals surface area (Å²) in [6.07, 6.45) is -0.471. The van der Waals surface area contributed by atoms with Crippen LogP contribution in [0.15, 0.2) is 30.3 Å². The number of hydrogen-bond acceptors (Lipinski definition) is 3. The van der Waals surface area contributed by atoms with E-state index in [9.17, 15) is 9.59 Å². The molecule has 4 N–H and O–H groups in total. The summed E-state index contributed by atoms with van der Waals surface area (Å²) in [5, 5.41) is 22.8. The molecule has 0 saturated heterocycles. The molecule has 6 nitrogen and oxygen atoms in total. The molecular weight excluding hydrogens is 248 g/mol. The first-order valence-corrected chi connectivity index (χ1v) is 5.98. The van der Waals surface area contributed by atoms with Crippen LogP contribution in [0.2, 0.25) is 0 Å². The molecule has 0 spiro atoms. The zero-order valence-corrected chi connectivity index (χ0v) is 10.7. The highest BCUT2D eigenvalue weighted by molar-refractivity contribution is 5.82. The van der Waals surface area contributed by atoms with E-state index in [4.69, 9.17) is 10.2 Å². The molecule has 0 radical (unpaired) electrons. The number of carbonyl (C=O) groups excluding carboxylic acids is 1. The fraction of sp³-hybridized carbons (Fsp3) is 0.385. The topological polar surface area (TPSA) is 98.7 Å². The van der Waals surface area contributed by atoms with Crippen LogP contribution < -0.4 is 10.6 Å². The number of carboxylic acid groups (broad SMARTS) is 1. The highest BCUT2D eigenvalue weighted by Gasteiger charge is 2.20. The van der Waals surface area contributed by atoms with E-state index in [0.717, 1.165) is 5.56 Å². The van der Waals surface area contributed by atoms with Crippen molar-refractivity contribution in [2.24, 2.45) is 0 Å². The van der Waals surface area contributed by atoms with Gasteiger partial charge in [-0.25, -0.2) is 9.59 Å². The van der Waals surface area contributed by atoms with Gasteiger partial charge >= 0.3 is 12.0 Å². The second kappa shape index (κ2) is 7.38. The summed E-state index contributed by atoms with van der Waals surface area (Å²) in [6.45, 7) is 1.60. The average Bonchev–Trinajstić information content (AvgIpc) is 2.36. The lowest BCUT2D eigenvalue weighted by Gasteiger charge is -2.15. The van der Waals surface area contributed by atoms with Crippen LogP contribution >= 0.6 is 0 Å². The number of aliphatic carboxylic acids is 1. The summed E-state index contributed by atoms with van der Waals surface area (Å²) in [6, 6.07) is 7.43. The average molecular weight is 266 g/mol. The second-order valence-corrected chi connectivity index (χ2v) is 4.28. The van der Waals surface area contributed by atoms with Crippen LogP contribution in [0.4, 0.5) is 4.79 Å². The molecule has 0 saturated carbocycles. The van der Waals surface area contributed by atoms with Crippen LogP contribution in [0.3, 0.4) is 0 Å². The molecule has 1 aromatic rings. The van der Waals surface area contributed by atoms with Crippen molar-refractivity contribution in [3.63, 3.8) is 0 Å². The summed E-state index contributed by atoms with van der Waals surface area (Å²) >= 11 is 0. The van der Waals surface area contributed by atoms with Crippen molar-refractivity contribution in [1.29, 1.82) is 0 Å². The Morgan fingerprint density at radius 3 is 2.42 bits per heavy atom. The van der Waals surface area contributed by atoms with E-state index in [-0.39, 0.29) is 13.0 Å². The Balaban J connectivity index is 2.54. The summed E-state index contributed by atoms with van der Waals surface area (Å²) < 4.78 is 0. The first-order valence-electron chi connectivity index (χ1n) is 5.98. The predicted octanol–water partition coefficient (Wildman–Crippen LogP) is 0.362. The van der Waals surface area contributed by atoms with Crippen LogP contribution in [-0.2, 0) is 11.2 Å². The van der Waals surface area contributed by atoms with E-state index in [0.29, 0.717) is 0 Å². The number of benzene rings is 1. The molecule has 1 rings (SSSR count). The van der Waals surface area contributed by atoms with Crippen molar-refractivity contribution in [3.05, 3.63) is 35.9 Å². The molecule has 2 amide bonds. The standard InChI is InChI=1S/C13H18N2O4/c1-9(16)8-14-13(19)15-11(12(17)18)7-10-5-3-2-4-6-10/h2-6,9,11,16H,7-8H2,1H3,(H,17,18)(H2,14,15,19). The molecule has 0 aromatic heterocycles. The second-order valence-electron chi connectivity index (χ2n) is 4.28. The summed E-state index contributed by atoms with van der Waals surface area (Å²) in [5.74, 6) is -1.10. The molecule has 0 aliphatic carbocycles. The Labute approximate surface area is 111 Å². The third-order valence-electron chi connectivity index (χ3n) is 2.44. The van der Waals surface area contributed by atoms with Gasteiger partial charge in [0.1, 0.15) is 6.04 Å². The Hall–Kier alpha value is -2.08. The minimum Gasteiger partial charge on any atom is -0.480 e. The quantitative estimate of drug-likeness (QED) is 0.597. The molecular formula is C13H18N2O4. The van der Waals surface area contributed by atoms with Gasteiger partial charge in [-0.3, -0.25) is 0 Å². The van der Waals surface area contributed by atoms with Gasteiger partial charge in [-0.15, -0.1) is 0 Å². The lowest BCUT2D eigenvalue weighted by molar-refractivity contribution is -0.139. The lowest BCUT2D eigenvalue weighted by Crippen LogP contribution is -2.48. The first kappa shape index (κ1) is 15.0. The molecule has 2 unspecified atom stereocenters. The largest absolute Gasteiger partial charge is 0.480 e. The van der Waals surface area contributed by atoms with Crippen molar-refractivity contribution in [2.75, 3.05) is 6.54 Å². The van der Waals surface area contributed by atoms with Crippen LogP contribution in [-0.4, -0.2) is 40.9 Å². The SMILES string of the molecule is CC(O)CNC(=O)NC(Cc1ccccc1)C(=O)O. The van der Waals surface area contributed by atoms with Gasteiger partial charge in [0, 0.05) is 13.0 Å². The van der Waals surface area contributed by atoms with Crippen LogP contribution in [0.5, 0.6) is 0 Å². The molecule has 0 aliphatic rings. The molecule has 0 aliphatic heterocycles. The molecule has 2 atom stereocenters. The Kier molecular flexibility index (Phi) is 5.81. The number of aliphatic hydroxyl groups is 1. The Morgan fingerprint density at radius 2 is 1.89 bits per heavy atom. The number of aliphatic hydroxyl groups excluding tert-OH is 1. The highest BCUT2D eigenvalue weighted by Crippen LogP contribution is 2.03. The molecule has 0 fully saturated rings. The summed E-state index contributed by atoms with van der Waals surface area (Å²) in [4.78, 5) is 22.5. The van der Waals surface area contributed by atoms with E-state index < -0.39 is 24.1 Å². The molecule has 104 valence electrons. The van der Waals surface area contributed by atoms with Gasteiger partial charge in [0.2, 0.25) is 0 Å². The normalized spacial score (nSPS) is 13.4. The van der Waals surface area contributed by atoms with Gasteiger partial charge < -0.3 is 20.8 Å². The van der Waals surface area contributed by atoms with Crippen LogP contribution in [0.1, 0.15) is 12.5 Å². The third kappa shape index (κ3) is 5.87. The number of carboxylic acids is 1. The van der Waals surface area contributed by atoms with Crippen molar-refractivity contribution in [3.8, 4) is 0 Å². The summed E-state index contributed by atoms with van der Waals surface area (Å²) in [5.41, 5.74) is 0.825. The van der Waals surface area contributed by atoms with Gasteiger partial charge in [0.25, 0.3) is 0 Å². The number of amides is 2. The fourth-order valence-corrected chi connectivity index (χ4v) is 1.50. The predicted molar refractivity (Wildman–Crippen MR) is 69.8 cm³/mol. The molecule has 6 heteroatoms. The van der Waals surface area contributed by atoms with Gasteiger partial charge in [-0.1, -0.05) is 30.3 Å². The number of urea groups is 1. The smallest absolute Gasteiger partial charge is 0.326 e. The van der Waals surface area contributed by atoms with Crippen molar-refractivity contribution in [1.82, 2.24) is 10.6 Å². The molecule has 0 heterocycles. The van der Waals surface area contributed by atoms with Crippen molar-refractivity contribution in [2.45, 2.75) is 25.5 Å². The molecule has 1 aromatic carbocycles. The zero-order chi connectivity index (χ0) is 14.3. The third-order valence-corrected chi connectivity index (χ3v) is 2.44. The number of hydrogen-bond donors (Lipinski definition) is 4. The van der Waals surface area contributed by atoms with E-state index in [1.54, 1.807) is 12.1 Å². The number of carbonyl (C=O) groups is 2. The monoisotopic (exact) mass is 266 g/mol. The van der Waals surface area contributed by atoms with Crippen molar-refractivity contribution < 1.29 is 19.8 Å². The maximum atomic E-state index is 11.5. The maximum absolute atomic E-state index is 11.5. The van der Waals surface area contributed by atoms with Gasteiger partial charge in [-0.2, -0.15) is 0 Å². The minimum absolute atomic E-state index is 0.0729. The first-order chi connectivity index (χ1) is 8.99. The Bertz CT molecular complexity index is 420. The van der Waals surface area contributed by atoms with E-state index in [1.807, 2.05) is 18.2 Å². The Morgan fingerprint density at radius 1 is 1.26 bits per heavy atom. The van der Waals surface area contributed by atoms with Crippen LogP contribution in [0.25, 0.3) is 0 Å². The number of nitrogens with one attached hydrogen (secondary N) is 2. The van der Waals surface area contributed by atoms with E-state index >= 15 is 0 Å². The van der Waals surface area contributed by atoms with E-state index in [1.165, 1.54) is 6.92 Å². The minimum atomic E-state index is -1.10. The van der Waals surface area contributed by atoms with Gasteiger partial charge in [0.05, 0.1) is 6.10 Å². The number of rotatable bonds is 6. The molecule has 19 heavy (non-hydrogen) atoms. The van der Waals surface area contributed by atoms with Crippen LogP contribution in [0, 0.1) is 0 Å². The van der Waals surface area contributed by atoms with Gasteiger partial charge in [-0.05, 0) is 12.5 Å². The van der Waals surface area contributed by atoms with E-state index in [2.05, 4.69) is 10.6 Å². The molecule has 0 bridgehead atoms. The highest BCUT2D eigenvalue weighted by atomic mass is 16.4. The summed E-state index contributed by atoms with van der Waals surface area (Å²) in [7, 11) is 0. The lowest BCUT2D eigenvalue weighted by atomic mass is 10.1. The fourth-order valence-electron chi connectivity index (χ4n) is 1.50.